The zero-order valence-corrected chi connectivity index (χ0v) is 8.17. The fourth-order valence-electron chi connectivity index (χ4n) is 0.268. The highest BCUT2D eigenvalue weighted by Gasteiger charge is 2.03. The van der Waals surface area contributed by atoms with Crippen molar-refractivity contribution in [3.63, 3.8) is 0 Å². The van der Waals surface area contributed by atoms with E-state index < -0.39 is 0 Å². The molecule has 4 N–H and O–H groups in total. The van der Waals surface area contributed by atoms with Crippen molar-refractivity contribution in [1.29, 1.82) is 0 Å². The van der Waals surface area contributed by atoms with Crippen LogP contribution in [0.3, 0.4) is 0 Å². The minimum Gasteiger partial charge on any atom is -0.329 e. The van der Waals surface area contributed by atoms with E-state index in [1.807, 2.05) is 21.6 Å². The standard InChI is InChI=1S/C6H16N2S2/c1-5(3-7)9-10-6(2)4-8/h5-6H,3-4,7-8H2,1-2H3/t5-,6-/m0/s1. The summed E-state index contributed by atoms with van der Waals surface area (Å²) < 4.78 is 0. The van der Waals surface area contributed by atoms with Crippen molar-refractivity contribution in [1.82, 2.24) is 0 Å². The van der Waals surface area contributed by atoms with Crippen LogP contribution in [0.1, 0.15) is 13.8 Å². The third kappa shape index (κ3) is 5.41. The van der Waals surface area contributed by atoms with Gasteiger partial charge in [-0.25, -0.2) is 0 Å². The number of hydrogen-bond acceptors (Lipinski definition) is 4. The summed E-state index contributed by atoms with van der Waals surface area (Å²) in [7, 11) is 3.64. The Hall–Kier alpha value is 0.620. The second-order valence-electron chi connectivity index (χ2n) is 2.29. The van der Waals surface area contributed by atoms with E-state index >= 15 is 0 Å². The van der Waals surface area contributed by atoms with Gasteiger partial charge in [-0.2, -0.15) is 0 Å². The van der Waals surface area contributed by atoms with Crippen LogP contribution in [0.25, 0.3) is 0 Å². The topological polar surface area (TPSA) is 52.0 Å². The lowest BCUT2D eigenvalue weighted by molar-refractivity contribution is 0.950. The van der Waals surface area contributed by atoms with Gasteiger partial charge in [-0.3, -0.25) is 0 Å². The maximum Gasteiger partial charge on any atom is 0.0245 e. The maximum absolute atomic E-state index is 5.43. The smallest absolute Gasteiger partial charge is 0.0245 e. The van der Waals surface area contributed by atoms with Crippen molar-refractivity contribution in [3.05, 3.63) is 0 Å². The zero-order valence-electron chi connectivity index (χ0n) is 6.54. The molecule has 2 atom stereocenters. The van der Waals surface area contributed by atoms with E-state index in [9.17, 15) is 0 Å². The lowest BCUT2D eigenvalue weighted by Crippen LogP contribution is -2.15. The Morgan fingerprint density at radius 3 is 1.50 bits per heavy atom. The highest BCUT2D eigenvalue weighted by molar-refractivity contribution is 8.77. The van der Waals surface area contributed by atoms with Crippen molar-refractivity contribution in [2.75, 3.05) is 13.1 Å². The molecule has 0 aromatic heterocycles. The van der Waals surface area contributed by atoms with Crippen molar-refractivity contribution in [3.8, 4) is 0 Å². The molecule has 10 heavy (non-hydrogen) atoms. The van der Waals surface area contributed by atoms with Crippen molar-refractivity contribution in [2.24, 2.45) is 11.5 Å². The molecule has 0 fully saturated rings. The van der Waals surface area contributed by atoms with Crippen LogP contribution < -0.4 is 11.5 Å². The first kappa shape index (κ1) is 10.6. The van der Waals surface area contributed by atoms with Crippen LogP contribution in [0.2, 0.25) is 0 Å². The van der Waals surface area contributed by atoms with Crippen LogP contribution in [-0.4, -0.2) is 23.6 Å². The number of rotatable bonds is 5. The molecule has 0 heterocycles. The van der Waals surface area contributed by atoms with E-state index in [2.05, 4.69) is 13.8 Å². The molecular formula is C6H16N2S2. The molecule has 4 heteroatoms. The third-order valence-electron chi connectivity index (χ3n) is 1.05. The van der Waals surface area contributed by atoms with Gasteiger partial charge in [0.1, 0.15) is 0 Å². The molecule has 0 rings (SSSR count). The van der Waals surface area contributed by atoms with Crippen LogP contribution >= 0.6 is 21.6 Å². The Labute approximate surface area is 70.9 Å². The SMILES string of the molecule is C[C@@H](CN)SS[C@@H](C)CN. The van der Waals surface area contributed by atoms with Crippen molar-refractivity contribution >= 4 is 21.6 Å². The van der Waals surface area contributed by atoms with E-state index in [1.54, 1.807) is 0 Å². The van der Waals surface area contributed by atoms with Gasteiger partial charge >= 0.3 is 0 Å². The first-order valence-corrected chi connectivity index (χ1v) is 5.70. The van der Waals surface area contributed by atoms with Crippen LogP contribution in [0, 0.1) is 0 Å². The van der Waals surface area contributed by atoms with Gasteiger partial charge in [-0.1, -0.05) is 35.4 Å². The average Bonchev–Trinajstić information content (AvgIpc) is 1.99. The second kappa shape index (κ2) is 6.34. The van der Waals surface area contributed by atoms with Crippen LogP contribution in [0.5, 0.6) is 0 Å². The van der Waals surface area contributed by atoms with Crippen LogP contribution in [0.4, 0.5) is 0 Å². The lowest BCUT2D eigenvalue weighted by atomic mass is 10.5. The summed E-state index contributed by atoms with van der Waals surface area (Å²) in [6.45, 7) is 5.74. The summed E-state index contributed by atoms with van der Waals surface area (Å²) >= 11 is 0. The molecule has 0 radical (unpaired) electrons. The van der Waals surface area contributed by atoms with E-state index in [1.165, 1.54) is 0 Å². The van der Waals surface area contributed by atoms with Gasteiger partial charge in [0.25, 0.3) is 0 Å². The Balaban J connectivity index is 3.17. The maximum atomic E-state index is 5.43. The van der Waals surface area contributed by atoms with Crippen LogP contribution in [-0.2, 0) is 0 Å². The normalized spacial score (nSPS) is 16.8. The average molecular weight is 180 g/mol. The molecule has 0 aliphatic heterocycles. The summed E-state index contributed by atoms with van der Waals surface area (Å²) in [5, 5.41) is 1.08. The number of nitrogens with two attached hydrogens (primary N) is 2. The van der Waals surface area contributed by atoms with Gasteiger partial charge in [0.15, 0.2) is 0 Å². The molecule has 0 aliphatic carbocycles. The van der Waals surface area contributed by atoms with E-state index in [4.69, 9.17) is 11.5 Å². The Bertz CT molecular complexity index is 70.1. The van der Waals surface area contributed by atoms with Crippen LogP contribution in [0.15, 0.2) is 0 Å². The summed E-state index contributed by atoms with van der Waals surface area (Å²) in [5.74, 6) is 0. The molecule has 0 saturated carbocycles. The summed E-state index contributed by atoms with van der Waals surface area (Å²) in [4.78, 5) is 0. The van der Waals surface area contributed by atoms with E-state index in [-0.39, 0.29) is 0 Å². The third-order valence-corrected chi connectivity index (χ3v) is 4.51. The molecule has 62 valence electrons. The predicted octanol–water partition coefficient (Wildman–Crippen LogP) is 1.06. The minimum atomic E-state index is 0.541. The minimum absolute atomic E-state index is 0.541. The van der Waals surface area contributed by atoms with E-state index in [0.717, 1.165) is 13.1 Å². The fourth-order valence-corrected chi connectivity index (χ4v) is 2.41. The highest BCUT2D eigenvalue weighted by Crippen LogP contribution is 2.29. The first-order valence-electron chi connectivity index (χ1n) is 3.43. The Kier molecular flexibility index (Phi) is 6.73. The second-order valence-corrected chi connectivity index (χ2v) is 5.43. The molecule has 0 bridgehead atoms. The van der Waals surface area contributed by atoms with Gasteiger partial charge in [-0.15, -0.1) is 0 Å². The van der Waals surface area contributed by atoms with Crippen molar-refractivity contribution in [2.45, 2.75) is 24.3 Å². The quantitative estimate of drug-likeness (QED) is 0.621. The highest BCUT2D eigenvalue weighted by atomic mass is 33.1. The zero-order chi connectivity index (χ0) is 7.98. The lowest BCUT2D eigenvalue weighted by Gasteiger charge is -2.10. The monoisotopic (exact) mass is 180 g/mol. The van der Waals surface area contributed by atoms with Gasteiger partial charge < -0.3 is 11.5 Å². The summed E-state index contributed by atoms with van der Waals surface area (Å²) in [6, 6.07) is 0. The molecule has 0 aromatic rings. The summed E-state index contributed by atoms with van der Waals surface area (Å²) in [6.07, 6.45) is 0. The Morgan fingerprint density at radius 1 is 1.00 bits per heavy atom. The molecule has 0 aliphatic rings. The largest absolute Gasteiger partial charge is 0.329 e. The molecule has 0 spiro atoms. The molecule has 0 unspecified atom stereocenters. The fraction of sp³-hybridized carbons (Fsp3) is 1.00. The number of hydrogen-bond donors (Lipinski definition) is 2. The molecule has 2 nitrogen and oxygen atoms in total. The molecular weight excluding hydrogens is 164 g/mol. The van der Waals surface area contributed by atoms with Gasteiger partial charge in [0, 0.05) is 23.6 Å². The van der Waals surface area contributed by atoms with Crippen molar-refractivity contribution < 1.29 is 0 Å². The van der Waals surface area contributed by atoms with E-state index in [0.29, 0.717) is 10.5 Å². The molecule has 0 aromatic carbocycles. The summed E-state index contributed by atoms with van der Waals surface area (Å²) in [5.41, 5.74) is 10.9. The Morgan fingerprint density at radius 2 is 1.30 bits per heavy atom. The van der Waals surface area contributed by atoms with Gasteiger partial charge in [0.05, 0.1) is 0 Å². The predicted molar refractivity (Wildman–Crippen MR) is 52.2 cm³/mol. The van der Waals surface area contributed by atoms with Gasteiger partial charge in [-0.05, 0) is 0 Å². The molecule has 0 saturated heterocycles. The first-order chi connectivity index (χ1) is 4.70. The molecule has 0 amide bonds. The van der Waals surface area contributed by atoms with Gasteiger partial charge in [0.2, 0.25) is 0 Å².